The summed E-state index contributed by atoms with van der Waals surface area (Å²) in [6.45, 7) is 3.58. The van der Waals surface area contributed by atoms with E-state index in [-0.39, 0.29) is 0 Å². The number of hydrogen-bond acceptors (Lipinski definition) is 6. The second kappa shape index (κ2) is 2.40. The quantitative estimate of drug-likeness (QED) is 0.535. The average Bonchev–Trinajstić information content (AvgIpc) is 2.07. The molecule has 0 unspecified atom stereocenters. The van der Waals surface area contributed by atoms with Gasteiger partial charge in [0.1, 0.15) is 11.3 Å². The summed E-state index contributed by atoms with van der Waals surface area (Å²) in [4.78, 5) is 4.14. The lowest BCUT2D eigenvalue weighted by Gasteiger charge is -1.95. The molecule has 0 aromatic carbocycles. The van der Waals surface area contributed by atoms with Crippen molar-refractivity contribution in [3.05, 3.63) is 11.5 Å². The Kier molecular flexibility index (Phi) is 1.39. The third kappa shape index (κ3) is 0.969. The van der Waals surface area contributed by atoms with Crippen LogP contribution >= 0.6 is 0 Å². The molecule has 2 aromatic rings. The lowest BCUT2D eigenvalue weighted by atomic mass is 10.4. The van der Waals surface area contributed by atoms with Gasteiger partial charge in [-0.15, -0.1) is 20.4 Å². The van der Waals surface area contributed by atoms with E-state index in [2.05, 4.69) is 30.6 Å². The lowest BCUT2D eigenvalue weighted by Crippen LogP contribution is -2.00. The molecule has 6 nitrogen and oxygen atoms in total. The molecule has 0 fully saturated rings. The van der Waals surface area contributed by atoms with Crippen LogP contribution in [0.15, 0.2) is 0 Å². The maximum atomic E-state index is 4.14. The van der Waals surface area contributed by atoms with Gasteiger partial charge in [0.05, 0.1) is 5.69 Å². The van der Waals surface area contributed by atoms with Gasteiger partial charge in [-0.3, -0.25) is 0 Å². The molecule has 0 saturated carbocycles. The first-order valence-electron chi connectivity index (χ1n) is 3.44. The Morgan fingerprint density at radius 1 is 0.917 bits per heavy atom. The molecule has 0 saturated heterocycles. The fourth-order valence-electron chi connectivity index (χ4n) is 0.890. The summed E-state index contributed by atoms with van der Waals surface area (Å²) in [5.74, 6) is 0.611. The number of nitrogens with zero attached hydrogens (tertiary/aromatic N) is 6. The van der Waals surface area contributed by atoms with Crippen LogP contribution in [-0.2, 0) is 0 Å². The summed E-state index contributed by atoms with van der Waals surface area (Å²) < 4.78 is 0. The Morgan fingerprint density at radius 3 is 2.58 bits per heavy atom. The highest BCUT2D eigenvalue weighted by molar-refractivity contribution is 5.69. The molecule has 2 rings (SSSR count). The molecular weight excluding hydrogens is 156 g/mol. The molecule has 0 aliphatic carbocycles. The first kappa shape index (κ1) is 6.96. The van der Waals surface area contributed by atoms with Crippen molar-refractivity contribution >= 4 is 11.2 Å². The monoisotopic (exact) mass is 162 g/mol. The molecule has 2 heterocycles. The molecule has 2 aromatic heterocycles. The third-order valence-electron chi connectivity index (χ3n) is 1.45. The summed E-state index contributed by atoms with van der Waals surface area (Å²) >= 11 is 0. The van der Waals surface area contributed by atoms with Crippen molar-refractivity contribution in [3.8, 4) is 0 Å². The second-order valence-electron chi connectivity index (χ2n) is 2.41. The van der Waals surface area contributed by atoms with Crippen LogP contribution in [0.5, 0.6) is 0 Å². The Labute approximate surface area is 68.1 Å². The summed E-state index contributed by atoms with van der Waals surface area (Å²) in [7, 11) is 0. The lowest BCUT2D eigenvalue weighted by molar-refractivity contribution is 0.828. The van der Waals surface area contributed by atoms with Crippen LogP contribution in [-0.4, -0.2) is 30.6 Å². The fourth-order valence-corrected chi connectivity index (χ4v) is 0.890. The van der Waals surface area contributed by atoms with Gasteiger partial charge in [0.2, 0.25) is 5.65 Å². The van der Waals surface area contributed by atoms with Crippen molar-refractivity contribution in [2.24, 2.45) is 0 Å². The van der Waals surface area contributed by atoms with Crippen molar-refractivity contribution in [1.82, 2.24) is 30.6 Å². The number of aromatic nitrogens is 6. The highest BCUT2D eigenvalue weighted by Crippen LogP contribution is 2.05. The topological polar surface area (TPSA) is 77.3 Å². The Morgan fingerprint density at radius 2 is 1.75 bits per heavy atom. The molecule has 12 heavy (non-hydrogen) atoms. The summed E-state index contributed by atoms with van der Waals surface area (Å²) in [6, 6.07) is 0. The molecule has 0 radical (unpaired) electrons. The van der Waals surface area contributed by atoms with Gasteiger partial charge in [0.15, 0.2) is 0 Å². The van der Waals surface area contributed by atoms with Gasteiger partial charge in [0.25, 0.3) is 0 Å². The van der Waals surface area contributed by atoms with Gasteiger partial charge >= 0.3 is 0 Å². The predicted octanol–water partition coefficient (Wildman–Crippen LogP) is -0.173. The van der Waals surface area contributed by atoms with Crippen molar-refractivity contribution in [2.75, 3.05) is 0 Å². The van der Waals surface area contributed by atoms with E-state index in [1.807, 2.05) is 6.92 Å². The molecule has 0 spiro atoms. The van der Waals surface area contributed by atoms with E-state index in [1.54, 1.807) is 6.92 Å². The SMILES string of the molecule is Cc1nnc2nnnc(C)c2n1. The third-order valence-corrected chi connectivity index (χ3v) is 1.45. The zero-order chi connectivity index (χ0) is 8.55. The zero-order valence-corrected chi connectivity index (χ0v) is 6.68. The Balaban J connectivity index is 2.88. The first-order chi connectivity index (χ1) is 5.77. The van der Waals surface area contributed by atoms with Gasteiger partial charge < -0.3 is 0 Å². The fraction of sp³-hybridized carbons (Fsp3) is 0.333. The molecule has 0 aliphatic heterocycles. The van der Waals surface area contributed by atoms with E-state index < -0.39 is 0 Å². The summed E-state index contributed by atoms with van der Waals surface area (Å²) in [6.07, 6.45) is 0. The summed E-state index contributed by atoms with van der Waals surface area (Å²) in [5.41, 5.74) is 1.82. The zero-order valence-electron chi connectivity index (χ0n) is 6.68. The van der Waals surface area contributed by atoms with Gasteiger partial charge in [-0.05, 0) is 19.1 Å². The van der Waals surface area contributed by atoms with E-state index in [4.69, 9.17) is 0 Å². The normalized spacial score (nSPS) is 10.5. The second-order valence-corrected chi connectivity index (χ2v) is 2.41. The van der Waals surface area contributed by atoms with E-state index in [1.165, 1.54) is 0 Å². The highest BCUT2D eigenvalue weighted by atomic mass is 15.3. The van der Waals surface area contributed by atoms with Crippen LogP contribution in [0.2, 0.25) is 0 Å². The number of fused-ring (bicyclic) bond motifs is 1. The molecule has 0 atom stereocenters. The molecular formula is C6H6N6. The smallest absolute Gasteiger partial charge is 0.225 e. The van der Waals surface area contributed by atoms with Crippen LogP contribution in [0, 0.1) is 13.8 Å². The summed E-state index contributed by atoms with van der Waals surface area (Å²) in [5, 5.41) is 18.5. The first-order valence-corrected chi connectivity index (χ1v) is 3.44. The number of hydrogen-bond donors (Lipinski definition) is 0. The molecule has 0 aliphatic rings. The van der Waals surface area contributed by atoms with Crippen molar-refractivity contribution < 1.29 is 0 Å². The van der Waals surface area contributed by atoms with Crippen LogP contribution in [0.4, 0.5) is 0 Å². The number of aryl methyl sites for hydroxylation is 2. The molecule has 0 amide bonds. The van der Waals surface area contributed by atoms with Crippen molar-refractivity contribution in [3.63, 3.8) is 0 Å². The maximum absolute atomic E-state index is 4.14. The average molecular weight is 162 g/mol. The largest absolute Gasteiger partial charge is 0.226 e. The highest BCUT2D eigenvalue weighted by Gasteiger charge is 2.03. The van der Waals surface area contributed by atoms with Gasteiger partial charge in [-0.25, -0.2) is 4.98 Å². The molecule has 60 valence electrons. The molecule has 6 heteroatoms. The molecule has 0 N–H and O–H groups in total. The molecule has 0 bridgehead atoms. The van der Waals surface area contributed by atoms with Crippen LogP contribution in [0.1, 0.15) is 11.5 Å². The van der Waals surface area contributed by atoms with E-state index in [9.17, 15) is 0 Å². The van der Waals surface area contributed by atoms with Crippen LogP contribution < -0.4 is 0 Å². The van der Waals surface area contributed by atoms with E-state index in [0.29, 0.717) is 17.0 Å². The minimum atomic E-state index is 0.438. The van der Waals surface area contributed by atoms with Crippen molar-refractivity contribution in [1.29, 1.82) is 0 Å². The standard InChI is InChI=1S/C6H6N6/c1-3-5-6(11-12-8-3)10-9-4(2)7-5/h1-2H3. The maximum Gasteiger partial charge on any atom is 0.225 e. The Hall–Kier alpha value is -1.72. The minimum absolute atomic E-state index is 0.438. The van der Waals surface area contributed by atoms with Crippen LogP contribution in [0.25, 0.3) is 11.2 Å². The Bertz CT molecular complexity index is 425. The van der Waals surface area contributed by atoms with Gasteiger partial charge in [-0.2, -0.15) is 0 Å². The minimum Gasteiger partial charge on any atom is -0.226 e. The number of rotatable bonds is 0. The predicted molar refractivity (Wildman–Crippen MR) is 40.2 cm³/mol. The van der Waals surface area contributed by atoms with Gasteiger partial charge in [0, 0.05) is 0 Å². The van der Waals surface area contributed by atoms with E-state index in [0.717, 1.165) is 5.69 Å². The van der Waals surface area contributed by atoms with E-state index >= 15 is 0 Å². The van der Waals surface area contributed by atoms with Crippen LogP contribution in [0.3, 0.4) is 0 Å². The van der Waals surface area contributed by atoms with Crippen molar-refractivity contribution in [2.45, 2.75) is 13.8 Å². The van der Waals surface area contributed by atoms with Gasteiger partial charge in [-0.1, -0.05) is 0 Å².